The molecule has 5 heteroatoms. The molecule has 1 rings (SSSR count). The maximum atomic E-state index is 6.38. The molecule has 1 aromatic rings. The van der Waals surface area contributed by atoms with Crippen LogP contribution in [0.3, 0.4) is 0 Å². The molecular formula is C15H29ClN4. The molecule has 1 heterocycles. The van der Waals surface area contributed by atoms with Crippen LogP contribution in [-0.2, 0) is 19.5 Å². The molecule has 0 aliphatic heterocycles. The van der Waals surface area contributed by atoms with Crippen LogP contribution in [0.25, 0.3) is 0 Å². The van der Waals surface area contributed by atoms with Gasteiger partial charge in [0.05, 0.1) is 16.4 Å². The van der Waals surface area contributed by atoms with Crippen LogP contribution in [0.15, 0.2) is 0 Å². The third-order valence-corrected chi connectivity index (χ3v) is 4.15. The Kier molecular flexibility index (Phi) is 8.19. The minimum absolute atomic E-state index is 0.803. The fraction of sp³-hybridized carbons (Fsp3) is 0.800. The zero-order valence-electron chi connectivity index (χ0n) is 13.4. The molecule has 0 radical (unpaired) electrons. The predicted molar refractivity (Wildman–Crippen MR) is 86.4 cm³/mol. The van der Waals surface area contributed by atoms with E-state index >= 15 is 0 Å². The predicted octanol–water partition coefficient (Wildman–Crippen LogP) is 2.94. The summed E-state index contributed by atoms with van der Waals surface area (Å²) in [4.78, 5) is 2.44. The summed E-state index contributed by atoms with van der Waals surface area (Å²) in [6.07, 6.45) is 2.06. The van der Waals surface area contributed by atoms with Crippen LogP contribution in [0.4, 0.5) is 0 Å². The van der Waals surface area contributed by atoms with Gasteiger partial charge in [0, 0.05) is 13.1 Å². The Morgan fingerprint density at radius 1 is 1.20 bits per heavy atom. The summed E-state index contributed by atoms with van der Waals surface area (Å²) < 4.78 is 2.01. The average Bonchev–Trinajstić information content (AvgIpc) is 2.79. The minimum Gasteiger partial charge on any atom is -0.311 e. The van der Waals surface area contributed by atoms with E-state index in [1.54, 1.807) is 0 Å². The molecule has 116 valence electrons. The second-order valence-electron chi connectivity index (χ2n) is 4.93. The van der Waals surface area contributed by atoms with Gasteiger partial charge in [-0.2, -0.15) is 5.10 Å². The molecule has 0 aromatic carbocycles. The van der Waals surface area contributed by atoms with Gasteiger partial charge in [-0.15, -0.1) is 0 Å². The van der Waals surface area contributed by atoms with E-state index in [0.29, 0.717) is 0 Å². The lowest BCUT2D eigenvalue weighted by molar-refractivity contribution is 0.297. The van der Waals surface area contributed by atoms with Gasteiger partial charge in [0.1, 0.15) is 0 Å². The smallest absolute Gasteiger partial charge is 0.0863 e. The van der Waals surface area contributed by atoms with E-state index in [9.17, 15) is 0 Å². The Morgan fingerprint density at radius 3 is 2.45 bits per heavy atom. The maximum Gasteiger partial charge on any atom is 0.0863 e. The quantitative estimate of drug-likeness (QED) is 0.675. The van der Waals surface area contributed by atoms with Gasteiger partial charge in [0.2, 0.25) is 0 Å². The Morgan fingerprint density at radius 2 is 1.90 bits per heavy atom. The Labute approximate surface area is 128 Å². The number of nitrogens with zero attached hydrogens (tertiary/aromatic N) is 3. The van der Waals surface area contributed by atoms with Crippen LogP contribution >= 0.6 is 11.6 Å². The Bertz CT molecular complexity index is 385. The molecule has 4 nitrogen and oxygen atoms in total. The lowest BCUT2D eigenvalue weighted by atomic mass is 10.3. The van der Waals surface area contributed by atoms with E-state index in [4.69, 9.17) is 11.6 Å². The second-order valence-corrected chi connectivity index (χ2v) is 5.31. The van der Waals surface area contributed by atoms with E-state index in [0.717, 1.165) is 62.1 Å². The van der Waals surface area contributed by atoms with Crippen molar-refractivity contribution in [2.45, 2.75) is 53.6 Å². The SMILES string of the molecule is CCc1nn(CC)c(CNCCCN(CC)CC)c1Cl. The monoisotopic (exact) mass is 300 g/mol. The maximum absolute atomic E-state index is 6.38. The molecule has 0 spiro atoms. The lowest BCUT2D eigenvalue weighted by Gasteiger charge is -2.17. The lowest BCUT2D eigenvalue weighted by Crippen LogP contribution is -2.27. The van der Waals surface area contributed by atoms with Gasteiger partial charge in [-0.25, -0.2) is 0 Å². The van der Waals surface area contributed by atoms with Crippen molar-refractivity contribution in [3.63, 3.8) is 0 Å². The number of nitrogens with one attached hydrogen (secondary N) is 1. The Hall–Kier alpha value is -0.580. The Balaban J connectivity index is 2.40. The first-order valence-corrected chi connectivity index (χ1v) is 8.22. The third kappa shape index (κ3) is 4.76. The molecule has 0 atom stereocenters. The molecule has 0 aliphatic carbocycles. The third-order valence-electron chi connectivity index (χ3n) is 3.71. The van der Waals surface area contributed by atoms with E-state index < -0.39 is 0 Å². The molecule has 0 saturated heterocycles. The van der Waals surface area contributed by atoms with Crippen molar-refractivity contribution in [2.24, 2.45) is 0 Å². The molecule has 0 fully saturated rings. The van der Waals surface area contributed by atoms with E-state index in [-0.39, 0.29) is 0 Å². The summed E-state index contributed by atoms with van der Waals surface area (Å²) >= 11 is 6.38. The number of hydrogen-bond acceptors (Lipinski definition) is 3. The van der Waals surface area contributed by atoms with E-state index in [1.165, 1.54) is 6.42 Å². The van der Waals surface area contributed by atoms with Crippen LogP contribution in [0.5, 0.6) is 0 Å². The summed E-state index contributed by atoms with van der Waals surface area (Å²) in [5.74, 6) is 0. The number of aromatic nitrogens is 2. The van der Waals surface area contributed by atoms with Gasteiger partial charge >= 0.3 is 0 Å². The van der Waals surface area contributed by atoms with Crippen LogP contribution < -0.4 is 5.32 Å². The van der Waals surface area contributed by atoms with Crippen LogP contribution in [0.1, 0.15) is 45.5 Å². The van der Waals surface area contributed by atoms with Gasteiger partial charge < -0.3 is 10.2 Å². The zero-order chi connectivity index (χ0) is 15.0. The van der Waals surface area contributed by atoms with Crippen LogP contribution in [-0.4, -0.2) is 40.9 Å². The highest BCUT2D eigenvalue weighted by molar-refractivity contribution is 6.31. The summed E-state index contributed by atoms with van der Waals surface area (Å²) in [5, 5.41) is 8.86. The van der Waals surface area contributed by atoms with Gasteiger partial charge in [0.25, 0.3) is 0 Å². The fourth-order valence-electron chi connectivity index (χ4n) is 2.36. The molecule has 0 saturated carbocycles. The van der Waals surface area contributed by atoms with Crippen molar-refractivity contribution in [1.82, 2.24) is 20.0 Å². The first-order valence-electron chi connectivity index (χ1n) is 7.84. The molecular weight excluding hydrogens is 272 g/mol. The van der Waals surface area contributed by atoms with E-state index in [1.807, 2.05) is 4.68 Å². The zero-order valence-corrected chi connectivity index (χ0v) is 14.1. The van der Waals surface area contributed by atoms with Crippen molar-refractivity contribution in [3.05, 3.63) is 16.4 Å². The van der Waals surface area contributed by atoms with Crippen molar-refractivity contribution >= 4 is 11.6 Å². The van der Waals surface area contributed by atoms with Gasteiger partial charge in [-0.3, -0.25) is 4.68 Å². The minimum atomic E-state index is 0.803. The summed E-state index contributed by atoms with van der Waals surface area (Å²) in [5.41, 5.74) is 2.13. The number of hydrogen-bond donors (Lipinski definition) is 1. The van der Waals surface area contributed by atoms with Crippen molar-refractivity contribution in [2.75, 3.05) is 26.2 Å². The van der Waals surface area contributed by atoms with E-state index in [2.05, 4.69) is 43.0 Å². The fourth-order valence-corrected chi connectivity index (χ4v) is 2.70. The highest BCUT2D eigenvalue weighted by Gasteiger charge is 2.13. The molecule has 0 bridgehead atoms. The molecule has 0 unspecified atom stereocenters. The summed E-state index contributed by atoms with van der Waals surface area (Å²) in [6.45, 7) is 14.7. The van der Waals surface area contributed by atoms with Gasteiger partial charge in [-0.05, 0) is 45.9 Å². The highest BCUT2D eigenvalue weighted by atomic mass is 35.5. The molecule has 20 heavy (non-hydrogen) atoms. The highest BCUT2D eigenvalue weighted by Crippen LogP contribution is 2.21. The number of rotatable bonds is 10. The molecule has 0 amide bonds. The first kappa shape index (κ1) is 17.5. The molecule has 1 N–H and O–H groups in total. The second kappa shape index (κ2) is 9.37. The number of halogens is 1. The summed E-state index contributed by atoms with van der Waals surface area (Å²) in [6, 6.07) is 0. The van der Waals surface area contributed by atoms with Crippen LogP contribution in [0.2, 0.25) is 5.02 Å². The van der Waals surface area contributed by atoms with Crippen molar-refractivity contribution in [1.29, 1.82) is 0 Å². The van der Waals surface area contributed by atoms with Gasteiger partial charge in [0.15, 0.2) is 0 Å². The van der Waals surface area contributed by atoms with Crippen molar-refractivity contribution < 1.29 is 0 Å². The standard InChI is InChI=1S/C15H29ClN4/c1-5-13-15(16)14(20(8-4)18-13)12-17-10-9-11-19(6-2)7-3/h17H,5-12H2,1-4H3. The molecule has 0 aliphatic rings. The summed E-state index contributed by atoms with van der Waals surface area (Å²) in [7, 11) is 0. The normalized spacial score (nSPS) is 11.5. The largest absolute Gasteiger partial charge is 0.311 e. The number of aryl methyl sites for hydroxylation is 2. The molecule has 1 aromatic heterocycles. The van der Waals surface area contributed by atoms with Crippen molar-refractivity contribution in [3.8, 4) is 0 Å². The average molecular weight is 301 g/mol. The first-order chi connectivity index (χ1) is 9.67. The topological polar surface area (TPSA) is 33.1 Å². The van der Waals surface area contributed by atoms with Gasteiger partial charge in [-0.1, -0.05) is 32.4 Å². The van der Waals surface area contributed by atoms with Crippen LogP contribution in [0, 0.1) is 0 Å².